The van der Waals surface area contributed by atoms with Gasteiger partial charge < -0.3 is 9.80 Å². The third kappa shape index (κ3) is 3.08. The van der Waals surface area contributed by atoms with Crippen molar-refractivity contribution in [2.45, 2.75) is 32.7 Å². The lowest BCUT2D eigenvalue weighted by atomic mass is 10.1. The minimum Gasteiger partial charge on any atom is -0.363 e. The Bertz CT molecular complexity index is 725. The fraction of sp³-hybridized carbons (Fsp3) is 0.471. The van der Waals surface area contributed by atoms with Gasteiger partial charge in [0.05, 0.1) is 16.7 Å². The van der Waals surface area contributed by atoms with E-state index in [2.05, 4.69) is 16.0 Å². The second-order valence-electron chi connectivity index (χ2n) is 6.15. The van der Waals surface area contributed by atoms with Crippen LogP contribution in [0.15, 0.2) is 18.3 Å². The number of likely N-dealkylation sites (tertiary alicyclic amines) is 1. The molecule has 3 heterocycles. The minimum atomic E-state index is 0.110. The van der Waals surface area contributed by atoms with Crippen LogP contribution in [-0.2, 0) is 0 Å². The molecule has 0 aliphatic carbocycles. The molecule has 0 spiro atoms. The van der Waals surface area contributed by atoms with Crippen LogP contribution in [0.2, 0.25) is 0 Å². The molecule has 122 valence electrons. The van der Waals surface area contributed by atoms with Crippen molar-refractivity contribution in [1.82, 2.24) is 14.9 Å². The van der Waals surface area contributed by atoms with Crippen molar-refractivity contribution in [1.29, 1.82) is 0 Å². The van der Waals surface area contributed by atoms with Gasteiger partial charge in [-0.2, -0.15) is 0 Å². The Balaban J connectivity index is 1.90. The monoisotopic (exact) mass is 330 g/mol. The summed E-state index contributed by atoms with van der Waals surface area (Å²) in [5.41, 5.74) is 2.00. The van der Waals surface area contributed by atoms with Crippen molar-refractivity contribution < 1.29 is 4.79 Å². The summed E-state index contributed by atoms with van der Waals surface area (Å²) < 4.78 is 0. The van der Waals surface area contributed by atoms with E-state index in [9.17, 15) is 4.79 Å². The molecule has 0 radical (unpaired) electrons. The number of amides is 1. The number of nitrogens with zero attached hydrogens (tertiary/aromatic N) is 4. The van der Waals surface area contributed by atoms with E-state index in [-0.39, 0.29) is 11.9 Å². The van der Waals surface area contributed by atoms with E-state index in [0.29, 0.717) is 0 Å². The minimum absolute atomic E-state index is 0.110. The molecule has 1 atom stereocenters. The highest BCUT2D eigenvalue weighted by Crippen LogP contribution is 2.35. The molecule has 2 aromatic heterocycles. The van der Waals surface area contributed by atoms with Crippen molar-refractivity contribution >= 4 is 23.1 Å². The standard InChI is InChI=1S/C17H22N4OS/c1-11-16(23-12(2)19-11)17(22)21-9-5-6-14(21)13-7-8-18-15(10-13)20(3)4/h7-8,10,14H,5-6,9H2,1-4H3/t14-/m1/s1. The smallest absolute Gasteiger partial charge is 0.266 e. The van der Waals surface area contributed by atoms with Crippen LogP contribution in [0.5, 0.6) is 0 Å². The maximum absolute atomic E-state index is 13.0. The van der Waals surface area contributed by atoms with E-state index < -0.39 is 0 Å². The number of carbonyl (C=O) groups excluding carboxylic acids is 1. The molecule has 1 amide bonds. The van der Waals surface area contributed by atoms with Crippen LogP contribution in [0, 0.1) is 13.8 Å². The topological polar surface area (TPSA) is 49.3 Å². The van der Waals surface area contributed by atoms with Crippen LogP contribution in [0.25, 0.3) is 0 Å². The highest BCUT2D eigenvalue weighted by Gasteiger charge is 2.32. The van der Waals surface area contributed by atoms with Gasteiger partial charge in [0.25, 0.3) is 5.91 Å². The average Bonchev–Trinajstić information content (AvgIpc) is 3.13. The molecule has 0 N–H and O–H groups in total. The van der Waals surface area contributed by atoms with E-state index in [1.54, 1.807) is 0 Å². The number of carbonyl (C=O) groups is 1. The molecule has 1 aliphatic heterocycles. The van der Waals surface area contributed by atoms with E-state index in [4.69, 9.17) is 0 Å². The molecule has 23 heavy (non-hydrogen) atoms. The van der Waals surface area contributed by atoms with Crippen LogP contribution in [0.3, 0.4) is 0 Å². The lowest BCUT2D eigenvalue weighted by Crippen LogP contribution is -2.30. The van der Waals surface area contributed by atoms with Gasteiger partial charge >= 0.3 is 0 Å². The molecule has 0 saturated carbocycles. The van der Waals surface area contributed by atoms with Gasteiger partial charge in [0.15, 0.2) is 0 Å². The molecule has 6 heteroatoms. The van der Waals surface area contributed by atoms with E-state index in [1.165, 1.54) is 11.3 Å². The molecule has 3 rings (SSSR count). The lowest BCUT2D eigenvalue weighted by molar-refractivity contribution is 0.0739. The van der Waals surface area contributed by atoms with Gasteiger partial charge in [0.2, 0.25) is 0 Å². The molecule has 5 nitrogen and oxygen atoms in total. The molecule has 1 saturated heterocycles. The molecule has 1 fully saturated rings. The van der Waals surface area contributed by atoms with E-state index in [1.807, 2.05) is 50.0 Å². The van der Waals surface area contributed by atoms with Gasteiger partial charge in [0.1, 0.15) is 10.7 Å². The molecule has 0 aromatic carbocycles. The summed E-state index contributed by atoms with van der Waals surface area (Å²) in [6.45, 7) is 4.67. The molecule has 0 unspecified atom stereocenters. The largest absolute Gasteiger partial charge is 0.363 e. The van der Waals surface area contributed by atoms with Gasteiger partial charge in [-0.25, -0.2) is 9.97 Å². The summed E-state index contributed by atoms with van der Waals surface area (Å²) in [6, 6.07) is 4.24. The van der Waals surface area contributed by atoms with Crippen molar-refractivity contribution in [3.63, 3.8) is 0 Å². The number of hydrogen-bond donors (Lipinski definition) is 0. The van der Waals surface area contributed by atoms with Crippen molar-refractivity contribution in [3.05, 3.63) is 39.5 Å². The number of rotatable bonds is 3. The third-order valence-corrected chi connectivity index (χ3v) is 5.28. The summed E-state index contributed by atoms with van der Waals surface area (Å²) >= 11 is 1.49. The number of anilines is 1. The summed E-state index contributed by atoms with van der Waals surface area (Å²) in [5.74, 6) is 1.03. The predicted molar refractivity (Wildman–Crippen MR) is 93.2 cm³/mol. The quantitative estimate of drug-likeness (QED) is 0.867. The van der Waals surface area contributed by atoms with E-state index in [0.717, 1.165) is 46.3 Å². The molecular weight excluding hydrogens is 308 g/mol. The second kappa shape index (κ2) is 6.28. The second-order valence-corrected chi connectivity index (χ2v) is 7.35. The maximum Gasteiger partial charge on any atom is 0.266 e. The Morgan fingerprint density at radius 1 is 1.39 bits per heavy atom. The number of pyridine rings is 1. The van der Waals surface area contributed by atoms with Crippen LogP contribution in [0.4, 0.5) is 5.82 Å². The first-order valence-electron chi connectivity index (χ1n) is 7.85. The van der Waals surface area contributed by atoms with Crippen molar-refractivity contribution in [2.75, 3.05) is 25.5 Å². The number of thiazole rings is 1. The number of aryl methyl sites for hydroxylation is 2. The normalized spacial score (nSPS) is 17.6. The zero-order chi connectivity index (χ0) is 16.6. The fourth-order valence-corrected chi connectivity index (χ4v) is 3.98. The fourth-order valence-electron chi connectivity index (χ4n) is 3.10. The summed E-state index contributed by atoms with van der Waals surface area (Å²) in [4.78, 5) is 26.5. The van der Waals surface area contributed by atoms with Gasteiger partial charge in [-0.1, -0.05) is 0 Å². The Hall–Kier alpha value is -1.95. The van der Waals surface area contributed by atoms with Crippen molar-refractivity contribution in [3.8, 4) is 0 Å². The first-order chi connectivity index (χ1) is 11.0. The number of aromatic nitrogens is 2. The Morgan fingerprint density at radius 3 is 2.83 bits per heavy atom. The Labute approximate surface area is 141 Å². The van der Waals surface area contributed by atoms with Crippen LogP contribution in [-0.4, -0.2) is 41.4 Å². The highest BCUT2D eigenvalue weighted by molar-refractivity contribution is 7.13. The first-order valence-corrected chi connectivity index (χ1v) is 8.67. The predicted octanol–water partition coefficient (Wildman–Crippen LogP) is 3.20. The van der Waals surface area contributed by atoms with E-state index >= 15 is 0 Å². The van der Waals surface area contributed by atoms with Crippen molar-refractivity contribution in [2.24, 2.45) is 0 Å². The summed E-state index contributed by atoms with van der Waals surface area (Å²) in [7, 11) is 3.96. The molecule has 1 aliphatic rings. The zero-order valence-electron chi connectivity index (χ0n) is 14.0. The summed E-state index contributed by atoms with van der Waals surface area (Å²) in [5, 5.41) is 0.945. The zero-order valence-corrected chi connectivity index (χ0v) is 14.9. The van der Waals surface area contributed by atoms with Crippen LogP contribution in [0.1, 0.15) is 44.8 Å². The maximum atomic E-state index is 13.0. The van der Waals surface area contributed by atoms with Gasteiger partial charge in [-0.15, -0.1) is 11.3 Å². The average molecular weight is 330 g/mol. The lowest BCUT2D eigenvalue weighted by Gasteiger charge is -2.25. The number of hydrogen-bond acceptors (Lipinski definition) is 5. The SMILES string of the molecule is Cc1nc(C)c(C(=O)N2CCC[C@@H]2c2ccnc(N(C)C)c2)s1. The first kappa shape index (κ1) is 15.9. The van der Waals surface area contributed by atoms with Gasteiger partial charge in [-0.05, 0) is 44.4 Å². The highest BCUT2D eigenvalue weighted by atomic mass is 32.1. The van der Waals surface area contributed by atoms with Crippen LogP contribution >= 0.6 is 11.3 Å². The van der Waals surface area contributed by atoms with Crippen LogP contribution < -0.4 is 4.90 Å². The van der Waals surface area contributed by atoms with Gasteiger partial charge in [-0.3, -0.25) is 4.79 Å². The molecule has 0 bridgehead atoms. The molecule has 2 aromatic rings. The Kier molecular flexibility index (Phi) is 4.35. The third-order valence-electron chi connectivity index (χ3n) is 4.22. The summed E-state index contributed by atoms with van der Waals surface area (Å²) in [6.07, 6.45) is 3.86. The molecular formula is C17H22N4OS. The van der Waals surface area contributed by atoms with Gasteiger partial charge in [0, 0.05) is 26.8 Å². The Morgan fingerprint density at radius 2 is 2.17 bits per heavy atom.